The van der Waals surface area contributed by atoms with E-state index in [4.69, 9.17) is 11.6 Å². The lowest BCUT2D eigenvalue weighted by Crippen LogP contribution is -2.11. The number of thiazole rings is 1. The van der Waals surface area contributed by atoms with Crippen LogP contribution in [0, 0.1) is 6.92 Å². The van der Waals surface area contributed by atoms with E-state index in [1.807, 2.05) is 48.0 Å². The number of anilines is 1. The summed E-state index contributed by atoms with van der Waals surface area (Å²) in [5, 5.41) is 15.8. The van der Waals surface area contributed by atoms with Gasteiger partial charge in [-0.25, -0.2) is 9.67 Å². The number of aryl methyl sites for hydroxylation is 1. The molecule has 3 aromatic heterocycles. The van der Waals surface area contributed by atoms with Crippen molar-refractivity contribution in [2.75, 3.05) is 5.32 Å². The molecule has 10 heteroatoms. The summed E-state index contributed by atoms with van der Waals surface area (Å²) in [4.78, 5) is 18.9. The van der Waals surface area contributed by atoms with Gasteiger partial charge in [0.1, 0.15) is 9.88 Å². The van der Waals surface area contributed by atoms with Crippen molar-refractivity contribution in [2.45, 2.75) is 25.8 Å². The van der Waals surface area contributed by atoms with Crippen molar-refractivity contribution in [1.82, 2.24) is 25.2 Å². The monoisotopic (exact) mass is 442 g/mol. The third-order valence-corrected chi connectivity index (χ3v) is 7.11. The minimum atomic E-state index is -0.187. The molecular weight excluding hydrogens is 428 g/mol. The van der Waals surface area contributed by atoms with E-state index in [0.29, 0.717) is 26.6 Å². The summed E-state index contributed by atoms with van der Waals surface area (Å²) in [7, 11) is 0. The number of rotatable bonds is 5. The topological polar surface area (TPSA) is 85.6 Å². The van der Waals surface area contributed by atoms with Crippen molar-refractivity contribution in [3.05, 3.63) is 51.3 Å². The lowest BCUT2D eigenvalue weighted by atomic mass is 10.2. The molecule has 1 aliphatic rings. The van der Waals surface area contributed by atoms with Crippen LogP contribution in [0.15, 0.2) is 36.4 Å². The van der Waals surface area contributed by atoms with Gasteiger partial charge in [0.15, 0.2) is 5.82 Å². The molecule has 0 bridgehead atoms. The maximum atomic E-state index is 12.9. The Hall–Kier alpha value is -2.62. The van der Waals surface area contributed by atoms with Crippen LogP contribution in [0.5, 0.6) is 0 Å². The first-order valence-electron chi connectivity index (χ1n) is 9.01. The normalized spacial score (nSPS) is 13.6. The summed E-state index contributed by atoms with van der Waals surface area (Å²) < 4.78 is 2.55. The van der Waals surface area contributed by atoms with E-state index >= 15 is 0 Å². The number of tetrazole rings is 1. The van der Waals surface area contributed by atoms with Gasteiger partial charge in [0, 0.05) is 11.3 Å². The number of halogens is 1. The van der Waals surface area contributed by atoms with Crippen LogP contribution in [0.2, 0.25) is 4.34 Å². The third-order valence-electron chi connectivity index (χ3n) is 4.55. The zero-order chi connectivity index (χ0) is 20.0. The molecule has 0 atom stereocenters. The fraction of sp³-hybridized carbons (Fsp3) is 0.211. The molecule has 7 nitrogen and oxygen atoms in total. The fourth-order valence-electron chi connectivity index (χ4n) is 3.01. The maximum Gasteiger partial charge on any atom is 0.267 e. The number of carbonyl (C=O) groups is 1. The van der Waals surface area contributed by atoms with E-state index in [1.54, 1.807) is 0 Å². The smallest absolute Gasteiger partial charge is 0.267 e. The SMILES string of the molecule is Cc1nc(-c2ccc(Cl)s2)sc1C(=O)Nc1cccc(-c2nnnn2C2CC2)c1. The molecule has 1 aliphatic carbocycles. The van der Waals surface area contributed by atoms with Gasteiger partial charge >= 0.3 is 0 Å². The number of aromatic nitrogens is 5. The van der Waals surface area contributed by atoms with Crippen molar-refractivity contribution in [3.8, 4) is 21.3 Å². The summed E-state index contributed by atoms with van der Waals surface area (Å²) >= 11 is 8.83. The zero-order valence-corrected chi connectivity index (χ0v) is 17.7. The third kappa shape index (κ3) is 3.68. The first-order chi connectivity index (χ1) is 14.1. The number of amides is 1. The second-order valence-electron chi connectivity index (χ2n) is 6.75. The molecule has 1 saturated carbocycles. The first-order valence-corrected chi connectivity index (χ1v) is 11.0. The average Bonchev–Trinajstić information content (AvgIpc) is 3.10. The zero-order valence-electron chi connectivity index (χ0n) is 15.3. The highest BCUT2D eigenvalue weighted by molar-refractivity contribution is 7.24. The molecule has 29 heavy (non-hydrogen) atoms. The Morgan fingerprint density at radius 2 is 2.10 bits per heavy atom. The second-order valence-corrected chi connectivity index (χ2v) is 9.46. The molecule has 0 aliphatic heterocycles. The standard InChI is InChI=1S/C19H15ClN6OS2/c1-10-16(29-19(21-10)14-7-8-15(20)28-14)18(27)22-12-4-2-3-11(9-12)17-23-24-25-26(17)13-5-6-13/h2-4,7-9,13H,5-6H2,1H3,(H,22,27). The molecular formula is C19H15ClN6OS2. The number of nitrogens with one attached hydrogen (secondary N) is 1. The van der Waals surface area contributed by atoms with Gasteiger partial charge in [0.05, 0.1) is 20.9 Å². The molecule has 1 N–H and O–H groups in total. The van der Waals surface area contributed by atoms with Crippen LogP contribution in [-0.4, -0.2) is 31.1 Å². The van der Waals surface area contributed by atoms with Crippen molar-refractivity contribution >= 4 is 45.9 Å². The molecule has 1 fully saturated rings. The van der Waals surface area contributed by atoms with E-state index in [-0.39, 0.29) is 5.91 Å². The fourth-order valence-corrected chi connectivity index (χ4v) is 5.07. The number of benzene rings is 1. The molecule has 0 saturated heterocycles. The Morgan fingerprint density at radius 3 is 2.86 bits per heavy atom. The first kappa shape index (κ1) is 18.4. The van der Waals surface area contributed by atoms with Crippen LogP contribution < -0.4 is 5.32 Å². The second kappa shape index (κ2) is 7.33. The summed E-state index contributed by atoms with van der Waals surface area (Å²) in [6.07, 6.45) is 2.19. The van der Waals surface area contributed by atoms with E-state index in [1.165, 1.54) is 22.7 Å². The summed E-state index contributed by atoms with van der Waals surface area (Å²) in [6, 6.07) is 11.7. The van der Waals surface area contributed by atoms with Gasteiger partial charge in [0.2, 0.25) is 0 Å². The van der Waals surface area contributed by atoms with Crippen LogP contribution >= 0.6 is 34.3 Å². The lowest BCUT2D eigenvalue weighted by Gasteiger charge is -2.07. The average molecular weight is 443 g/mol. The van der Waals surface area contributed by atoms with Crippen molar-refractivity contribution in [3.63, 3.8) is 0 Å². The Balaban J connectivity index is 1.39. The Bertz CT molecular complexity index is 1210. The molecule has 4 aromatic rings. The maximum absolute atomic E-state index is 12.9. The Labute approximate surface area is 179 Å². The van der Waals surface area contributed by atoms with E-state index < -0.39 is 0 Å². The summed E-state index contributed by atoms with van der Waals surface area (Å²) in [6.45, 7) is 1.84. The van der Waals surface area contributed by atoms with Crippen molar-refractivity contribution in [1.29, 1.82) is 0 Å². The number of hydrogen-bond donors (Lipinski definition) is 1. The molecule has 0 radical (unpaired) electrons. The van der Waals surface area contributed by atoms with Crippen LogP contribution in [0.3, 0.4) is 0 Å². The Kier molecular flexibility index (Phi) is 4.65. The number of carbonyl (C=O) groups excluding carboxylic acids is 1. The minimum Gasteiger partial charge on any atom is -0.321 e. The van der Waals surface area contributed by atoms with Crippen LogP contribution in [0.25, 0.3) is 21.3 Å². The van der Waals surface area contributed by atoms with Gasteiger partial charge in [-0.1, -0.05) is 23.7 Å². The highest BCUT2D eigenvalue weighted by Crippen LogP contribution is 2.37. The van der Waals surface area contributed by atoms with Crippen LogP contribution in [-0.2, 0) is 0 Å². The molecule has 3 heterocycles. The van der Waals surface area contributed by atoms with Crippen molar-refractivity contribution < 1.29 is 4.79 Å². The summed E-state index contributed by atoms with van der Waals surface area (Å²) in [5.41, 5.74) is 2.25. The predicted octanol–water partition coefficient (Wildman–Crippen LogP) is 5.07. The highest BCUT2D eigenvalue weighted by Gasteiger charge is 2.28. The molecule has 0 unspecified atom stereocenters. The number of thiophene rings is 1. The number of nitrogens with zero attached hydrogens (tertiary/aromatic N) is 5. The quantitative estimate of drug-likeness (QED) is 0.466. The van der Waals surface area contributed by atoms with E-state index in [9.17, 15) is 4.79 Å². The molecule has 146 valence electrons. The van der Waals surface area contributed by atoms with Gasteiger partial charge in [-0.15, -0.1) is 27.8 Å². The molecule has 1 amide bonds. The Morgan fingerprint density at radius 1 is 1.24 bits per heavy atom. The van der Waals surface area contributed by atoms with Crippen LogP contribution in [0.1, 0.15) is 34.2 Å². The number of hydrogen-bond acceptors (Lipinski definition) is 7. The van der Waals surface area contributed by atoms with Gasteiger partial charge in [-0.2, -0.15) is 0 Å². The minimum absolute atomic E-state index is 0.187. The van der Waals surface area contributed by atoms with Crippen molar-refractivity contribution in [2.24, 2.45) is 0 Å². The predicted molar refractivity (Wildman–Crippen MR) is 115 cm³/mol. The van der Waals surface area contributed by atoms with Gasteiger partial charge < -0.3 is 5.32 Å². The molecule has 5 rings (SSSR count). The summed E-state index contributed by atoms with van der Waals surface area (Å²) in [5.74, 6) is 0.530. The van der Waals surface area contributed by atoms with Gasteiger partial charge in [0.25, 0.3) is 5.91 Å². The van der Waals surface area contributed by atoms with Gasteiger partial charge in [-0.3, -0.25) is 4.79 Å². The molecule has 1 aromatic carbocycles. The molecule has 0 spiro atoms. The van der Waals surface area contributed by atoms with Gasteiger partial charge in [-0.05, 0) is 54.5 Å². The highest BCUT2D eigenvalue weighted by atomic mass is 35.5. The van der Waals surface area contributed by atoms with Crippen LogP contribution in [0.4, 0.5) is 5.69 Å². The largest absolute Gasteiger partial charge is 0.321 e. The van der Waals surface area contributed by atoms with E-state index in [0.717, 1.165) is 34.1 Å². The van der Waals surface area contributed by atoms with E-state index in [2.05, 4.69) is 25.8 Å². The lowest BCUT2D eigenvalue weighted by molar-refractivity contribution is 0.103.